The summed E-state index contributed by atoms with van der Waals surface area (Å²) in [4.78, 5) is 42.4. The molecular weight excluding hydrogens is 540 g/mol. The van der Waals surface area contributed by atoms with Crippen LogP contribution in [0, 0.1) is 0 Å². The maximum Gasteiger partial charge on any atom is 0.409 e. The molecule has 39 heavy (non-hydrogen) atoms. The number of rotatable bonds is 8. The zero-order valence-electron chi connectivity index (χ0n) is 21.8. The number of fused-ring (bicyclic) bond motifs is 1. The van der Waals surface area contributed by atoms with Gasteiger partial charge in [-0.05, 0) is 41.5 Å². The molecule has 0 aliphatic carbocycles. The molecule has 1 heterocycles. The standard InChI is InChI=1S/C29H29ClN2O6S/c1-19(33)38-26-27(21-9-12-23(36-3)13-10-21)39-25-17-22(30)11-14-24(25)32(28(26)34)16-15-31(2)29(35)37-18-20-7-5-4-6-8-20/h4-14,17,26-27H,15-16,18H2,1-3H3/t26-,27+/m0/s1. The summed E-state index contributed by atoms with van der Waals surface area (Å²) in [6, 6.07) is 21.9. The van der Waals surface area contributed by atoms with Crippen LogP contribution >= 0.6 is 23.4 Å². The first-order chi connectivity index (χ1) is 18.8. The predicted octanol–water partition coefficient (Wildman–Crippen LogP) is 5.73. The Balaban J connectivity index is 1.58. The number of benzene rings is 3. The van der Waals surface area contributed by atoms with Crippen molar-refractivity contribution < 1.29 is 28.6 Å². The van der Waals surface area contributed by atoms with Gasteiger partial charge in [0.1, 0.15) is 12.4 Å². The highest BCUT2D eigenvalue weighted by Gasteiger charge is 2.41. The Hall–Kier alpha value is -3.69. The number of amides is 2. The second-order valence-electron chi connectivity index (χ2n) is 8.91. The smallest absolute Gasteiger partial charge is 0.409 e. The Morgan fingerprint density at radius 3 is 2.44 bits per heavy atom. The van der Waals surface area contributed by atoms with E-state index in [1.807, 2.05) is 42.5 Å². The molecule has 3 aromatic rings. The molecule has 0 spiro atoms. The fourth-order valence-corrected chi connectivity index (χ4v) is 5.73. The lowest BCUT2D eigenvalue weighted by Crippen LogP contribution is -2.46. The first-order valence-corrected chi connectivity index (χ1v) is 13.5. The molecule has 0 radical (unpaired) electrons. The van der Waals surface area contributed by atoms with Crippen molar-refractivity contribution in [3.05, 3.63) is 88.9 Å². The number of likely N-dealkylation sites (N-methyl/N-ethyl adjacent to an activating group) is 1. The second-order valence-corrected chi connectivity index (χ2v) is 10.5. The van der Waals surface area contributed by atoms with Gasteiger partial charge >= 0.3 is 12.1 Å². The number of halogens is 1. The summed E-state index contributed by atoms with van der Waals surface area (Å²) in [5.41, 5.74) is 2.28. The second kappa shape index (κ2) is 12.9. The van der Waals surface area contributed by atoms with Crippen LogP contribution in [0.15, 0.2) is 77.7 Å². The third-order valence-electron chi connectivity index (χ3n) is 6.16. The number of thioether (sulfide) groups is 1. The summed E-state index contributed by atoms with van der Waals surface area (Å²) in [7, 11) is 3.18. The Morgan fingerprint density at radius 2 is 1.77 bits per heavy atom. The van der Waals surface area contributed by atoms with E-state index in [1.165, 1.54) is 28.5 Å². The van der Waals surface area contributed by atoms with E-state index in [1.54, 1.807) is 44.5 Å². The number of carbonyl (C=O) groups excluding carboxylic acids is 3. The number of carbonyl (C=O) groups is 3. The Labute approximate surface area is 236 Å². The molecular formula is C29H29ClN2O6S. The minimum atomic E-state index is -1.11. The number of hydrogen-bond acceptors (Lipinski definition) is 7. The third kappa shape index (κ3) is 7.04. The van der Waals surface area contributed by atoms with Gasteiger partial charge in [0.05, 0.1) is 18.0 Å². The van der Waals surface area contributed by atoms with Gasteiger partial charge in [-0.2, -0.15) is 0 Å². The van der Waals surface area contributed by atoms with Gasteiger partial charge in [0.15, 0.2) is 6.10 Å². The van der Waals surface area contributed by atoms with Crippen LogP contribution in [-0.2, 0) is 25.7 Å². The Morgan fingerprint density at radius 1 is 1.05 bits per heavy atom. The summed E-state index contributed by atoms with van der Waals surface area (Å²) in [5, 5.41) is -0.0298. The van der Waals surface area contributed by atoms with Gasteiger partial charge in [0.2, 0.25) is 0 Å². The summed E-state index contributed by atoms with van der Waals surface area (Å²) in [6.45, 7) is 1.76. The van der Waals surface area contributed by atoms with E-state index >= 15 is 0 Å². The van der Waals surface area contributed by atoms with Crippen LogP contribution in [0.5, 0.6) is 5.75 Å². The summed E-state index contributed by atoms with van der Waals surface area (Å²) in [5.74, 6) is -0.302. The van der Waals surface area contributed by atoms with E-state index in [-0.39, 0.29) is 19.7 Å². The highest BCUT2D eigenvalue weighted by molar-refractivity contribution is 7.99. The highest BCUT2D eigenvalue weighted by atomic mass is 35.5. The molecule has 2 amide bonds. The number of nitrogens with zero attached hydrogens (tertiary/aromatic N) is 2. The van der Waals surface area contributed by atoms with E-state index in [9.17, 15) is 14.4 Å². The van der Waals surface area contributed by atoms with Gasteiger partial charge in [0, 0.05) is 37.0 Å². The normalized spacial score (nSPS) is 16.6. The van der Waals surface area contributed by atoms with Gasteiger partial charge in [-0.15, -0.1) is 11.8 Å². The molecule has 0 unspecified atom stereocenters. The molecule has 0 saturated heterocycles. The first kappa shape index (κ1) is 28.3. The SMILES string of the molecule is COc1ccc([C@H]2Sc3cc(Cl)ccc3N(CCN(C)C(=O)OCc3ccccc3)C(=O)[C@H]2OC(C)=O)cc1. The summed E-state index contributed by atoms with van der Waals surface area (Å²) >= 11 is 7.73. The van der Waals surface area contributed by atoms with Crippen molar-refractivity contribution in [2.45, 2.75) is 29.8 Å². The number of methoxy groups -OCH3 is 1. The van der Waals surface area contributed by atoms with Crippen LogP contribution in [0.25, 0.3) is 0 Å². The lowest BCUT2D eigenvalue weighted by Gasteiger charge is -2.29. The van der Waals surface area contributed by atoms with Crippen molar-refractivity contribution in [2.24, 2.45) is 0 Å². The van der Waals surface area contributed by atoms with E-state index in [2.05, 4.69) is 0 Å². The molecule has 1 aliphatic rings. The molecule has 2 atom stereocenters. The quantitative estimate of drug-likeness (QED) is 0.321. The largest absolute Gasteiger partial charge is 0.497 e. The van der Waals surface area contributed by atoms with Gasteiger partial charge in [-0.25, -0.2) is 4.79 Å². The van der Waals surface area contributed by atoms with Crippen LogP contribution in [0.2, 0.25) is 5.02 Å². The van der Waals surface area contributed by atoms with Crippen LogP contribution in [0.3, 0.4) is 0 Å². The van der Waals surface area contributed by atoms with E-state index in [0.29, 0.717) is 16.5 Å². The van der Waals surface area contributed by atoms with Gasteiger partial charge in [0.25, 0.3) is 5.91 Å². The number of anilines is 1. The van der Waals surface area contributed by atoms with Crippen molar-refractivity contribution in [1.82, 2.24) is 4.90 Å². The fraction of sp³-hybridized carbons (Fsp3) is 0.276. The molecule has 204 valence electrons. The van der Waals surface area contributed by atoms with Crippen molar-refractivity contribution in [2.75, 3.05) is 32.1 Å². The van der Waals surface area contributed by atoms with E-state index in [4.69, 9.17) is 25.8 Å². The first-order valence-electron chi connectivity index (χ1n) is 12.3. The van der Waals surface area contributed by atoms with Crippen LogP contribution in [0.1, 0.15) is 23.3 Å². The average molecular weight is 569 g/mol. The summed E-state index contributed by atoms with van der Waals surface area (Å²) in [6.07, 6.45) is -1.62. The molecule has 0 fully saturated rings. The highest BCUT2D eigenvalue weighted by Crippen LogP contribution is 2.47. The maximum atomic E-state index is 14.0. The zero-order valence-corrected chi connectivity index (χ0v) is 23.4. The van der Waals surface area contributed by atoms with Gasteiger partial charge in [-0.3, -0.25) is 9.59 Å². The Bertz CT molecular complexity index is 1320. The minimum Gasteiger partial charge on any atom is -0.497 e. The predicted molar refractivity (Wildman–Crippen MR) is 150 cm³/mol. The van der Waals surface area contributed by atoms with Gasteiger partial charge < -0.3 is 24.0 Å². The molecule has 8 nitrogen and oxygen atoms in total. The minimum absolute atomic E-state index is 0.142. The van der Waals surface area contributed by atoms with Gasteiger partial charge in [-0.1, -0.05) is 54.1 Å². The lowest BCUT2D eigenvalue weighted by molar-refractivity contribution is -0.152. The fourth-order valence-electron chi connectivity index (χ4n) is 4.13. The average Bonchev–Trinajstić information content (AvgIpc) is 3.04. The molecule has 0 saturated carbocycles. The molecule has 1 aliphatic heterocycles. The van der Waals surface area contributed by atoms with Crippen molar-refractivity contribution in [1.29, 1.82) is 0 Å². The Kier molecular flexibility index (Phi) is 9.37. The maximum absolute atomic E-state index is 14.0. The van der Waals surface area contributed by atoms with Crippen LogP contribution in [0.4, 0.5) is 10.5 Å². The van der Waals surface area contributed by atoms with Crippen LogP contribution in [-0.4, -0.2) is 56.2 Å². The number of esters is 1. The van der Waals surface area contributed by atoms with Crippen molar-refractivity contribution in [3.8, 4) is 5.75 Å². The molecule has 0 N–H and O–H groups in total. The summed E-state index contributed by atoms with van der Waals surface area (Å²) < 4.78 is 16.3. The monoisotopic (exact) mass is 568 g/mol. The van der Waals surface area contributed by atoms with E-state index in [0.717, 1.165) is 16.0 Å². The van der Waals surface area contributed by atoms with Crippen LogP contribution < -0.4 is 9.64 Å². The zero-order chi connectivity index (χ0) is 27.9. The lowest BCUT2D eigenvalue weighted by atomic mass is 10.1. The molecule has 10 heteroatoms. The molecule has 0 bridgehead atoms. The topological polar surface area (TPSA) is 85.4 Å². The molecule has 3 aromatic carbocycles. The third-order valence-corrected chi connectivity index (χ3v) is 7.75. The number of hydrogen-bond donors (Lipinski definition) is 0. The molecule has 4 rings (SSSR count). The van der Waals surface area contributed by atoms with E-state index < -0.39 is 29.3 Å². The molecule has 0 aromatic heterocycles. The van der Waals surface area contributed by atoms with Crippen molar-refractivity contribution >= 4 is 47.0 Å². The number of ether oxygens (including phenoxy) is 3. The van der Waals surface area contributed by atoms with Crippen molar-refractivity contribution in [3.63, 3.8) is 0 Å².